The molecule has 3 aromatic carbocycles. The second kappa shape index (κ2) is 16.9. The summed E-state index contributed by atoms with van der Waals surface area (Å²) in [4.78, 5) is 82.1. The first-order chi connectivity index (χ1) is 27.1. The van der Waals surface area contributed by atoms with Crippen molar-refractivity contribution >= 4 is 74.1 Å². The molecular formula is C42H41N7O6S. The van der Waals surface area contributed by atoms with Crippen LogP contribution in [0.4, 0.5) is 17.2 Å². The molecule has 13 nitrogen and oxygen atoms in total. The van der Waals surface area contributed by atoms with Gasteiger partial charge < -0.3 is 26.2 Å². The Morgan fingerprint density at radius 2 is 1.73 bits per heavy atom. The molecule has 7 rings (SSSR count). The van der Waals surface area contributed by atoms with Gasteiger partial charge in [-0.2, -0.15) is 0 Å². The largest absolute Gasteiger partial charge is 0.352 e. The summed E-state index contributed by atoms with van der Waals surface area (Å²) in [6.07, 6.45) is 4.31. The molecule has 0 radical (unpaired) electrons. The van der Waals surface area contributed by atoms with Crippen LogP contribution < -0.4 is 26.6 Å². The van der Waals surface area contributed by atoms with E-state index in [0.717, 1.165) is 38.9 Å². The minimum absolute atomic E-state index is 0.105. The average Bonchev–Trinajstić information content (AvgIpc) is 3.77. The van der Waals surface area contributed by atoms with Crippen molar-refractivity contribution in [2.45, 2.75) is 64.6 Å². The standard InChI is InChI=1S/C42H41N7O6S/c1-25-9-4-6-11-32(25)46-38-33(47-40(53)31-24-56-35-12-7-5-10-30(31)35)20-27(22-45-38)39(52)43-18-8-2-3-13-36(50)44-21-26-14-15-29-28(19-26)23-49(42(29)55)34-16-17-37(51)48-41(34)54/h4-7,9-12,14-15,19-20,22,24,34H,2-3,8,13,16-18,21,23H2,1H3,(H,43,52)(H,44,50)(H,45,46)(H,47,53)(H,48,51,54). The van der Waals surface area contributed by atoms with Gasteiger partial charge in [-0.25, -0.2) is 4.98 Å². The quantitative estimate of drug-likeness (QED) is 0.0677. The molecule has 0 saturated carbocycles. The number of hydrogen-bond acceptors (Lipinski definition) is 9. The van der Waals surface area contributed by atoms with Gasteiger partial charge in [0, 0.05) is 65.4 Å². The number of nitrogens with zero attached hydrogens (tertiary/aromatic N) is 2. The number of carbonyl (C=O) groups is 6. The lowest BCUT2D eigenvalue weighted by Crippen LogP contribution is -2.52. The highest BCUT2D eigenvalue weighted by atomic mass is 32.1. The van der Waals surface area contributed by atoms with E-state index >= 15 is 0 Å². The Bertz CT molecular complexity index is 2360. The molecule has 1 fully saturated rings. The summed E-state index contributed by atoms with van der Waals surface area (Å²) in [6.45, 7) is 2.94. The number of unbranched alkanes of at least 4 members (excludes halogenated alkanes) is 2. The summed E-state index contributed by atoms with van der Waals surface area (Å²) < 4.78 is 1.00. The van der Waals surface area contributed by atoms with Crippen molar-refractivity contribution in [1.82, 2.24) is 25.8 Å². The van der Waals surface area contributed by atoms with Crippen molar-refractivity contribution < 1.29 is 28.8 Å². The zero-order valence-corrected chi connectivity index (χ0v) is 31.6. The lowest BCUT2D eigenvalue weighted by atomic mass is 10.0. The number of aromatic nitrogens is 1. The molecule has 5 N–H and O–H groups in total. The van der Waals surface area contributed by atoms with Crippen LogP contribution in [0.3, 0.4) is 0 Å². The summed E-state index contributed by atoms with van der Waals surface area (Å²) in [5.74, 6) is -1.35. The maximum Gasteiger partial charge on any atom is 0.257 e. The highest BCUT2D eigenvalue weighted by Crippen LogP contribution is 2.31. The fourth-order valence-corrected chi connectivity index (χ4v) is 7.83. The van der Waals surface area contributed by atoms with E-state index in [0.29, 0.717) is 67.0 Å². The molecule has 1 unspecified atom stereocenters. The molecule has 0 bridgehead atoms. The lowest BCUT2D eigenvalue weighted by Gasteiger charge is -2.29. The van der Waals surface area contributed by atoms with E-state index in [4.69, 9.17) is 0 Å². The number of benzene rings is 3. The highest BCUT2D eigenvalue weighted by Gasteiger charge is 2.39. The maximum absolute atomic E-state index is 13.5. The van der Waals surface area contributed by atoms with E-state index in [-0.39, 0.29) is 42.5 Å². The van der Waals surface area contributed by atoms with E-state index in [1.165, 1.54) is 22.4 Å². The van der Waals surface area contributed by atoms with Gasteiger partial charge in [0.15, 0.2) is 5.82 Å². The number of amides is 6. The number of imide groups is 1. The molecule has 286 valence electrons. The monoisotopic (exact) mass is 771 g/mol. The van der Waals surface area contributed by atoms with Crippen molar-refractivity contribution in [2.75, 3.05) is 17.2 Å². The van der Waals surface area contributed by atoms with Crippen LogP contribution in [0, 0.1) is 6.92 Å². The molecule has 4 heterocycles. The van der Waals surface area contributed by atoms with Gasteiger partial charge in [-0.3, -0.25) is 34.1 Å². The summed E-state index contributed by atoms with van der Waals surface area (Å²) in [6, 6.07) is 21.7. The van der Waals surface area contributed by atoms with Gasteiger partial charge >= 0.3 is 0 Å². The Hall–Kier alpha value is -6.41. The van der Waals surface area contributed by atoms with Gasteiger partial charge in [-0.15, -0.1) is 11.3 Å². The van der Waals surface area contributed by atoms with E-state index in [9.17, 15) is 28.8 Å². The second-order valence-electron chi connectivity index (χ2n) is 13.9. The third-order valence-corrected chi connectivity index (χ3v) is 10.9. The third kappa shape index (κ3) is 8.60. The van der Waals surface area contributed by atoms with Crippen molar-refractivity contribution in [1.29, 1.82) is 0 Å². The number of hydrogen-bond donors (Lipinski definition) is 5. The average molecular weight is 772 g/mol. The van der Waals surface area contributed by atoms with Gasteiger partial charge in [0.25, 0.3) is 17.7 Å². The highest BCUT2D eigenvalue weighted by molar-refractivity contribution is 7.17. The van der Waals surface area contributed by atoms with Gasteiger partial charge in [-0.1, -0.05) is 55.0 Å². The van der Waals surface area contributed by atoms with Crippen molar-refractivity contribution in [3.63, 3.8) is 0 Å². The number of rotatable bonds is 14. The first kappa shape index (κ1) is 37.9. The molecule has 5 aromatic rings. The topological polar surface area (TPSA) is 179 Å². The Morgan fingerprint density at radius 1 is 0.911 bits per heavy atom. The number of para-hydroxylation sites is 1. The number of aryl methyl sites for hydroxylation is 1. The van der Waals surface area contributed by atoms with Crippen LogP contribution >= 0.6 is 11.3 Å². The number of piperidine rings is 1. The Kier molecular flexibility index (Phi) is 11.5. The molecule has 2 aromatic heterocycles. The molecule has 14 heteroatoms. The molecule has 6 amide bonds. The van der Waals surface area contributed by atoms with Gasteiger partial charge in [0.1, 0.15) is 6.04 Å². The Labute approximate surface area is 327 Å². The number of anilines is 3. The summed E-state index contributed by atoms with van der Waals surface area (Å²) in [5, 5.41) is 17.1. The Balaban J connectivity index is 0.874. The van der Waals surface area contributed by atoms with Crippen LogP contribution in [0.25, 0.3) is 10.1 Å². The maximum atomic E-state index is 13.5. The van der Waals surface area contributed by atoms with E-state index in [1.54, 1.807) is 18.2 Å². The minimum atomic E-state index is -0.676. The third-order valence-electron chi connectivity index (χ3n) is 9.97. The molecule has 1 atom stereocenters. The van der Waals surface area contributed by atoms with Crippen molar-refractivity contribution in [2.24, 2.45) is 0 Å². The molecule has 0 aliphatic carbocycles. The molecule has 0 spiro atoms. The van der Waals surface area contributed by atoms with Crippen LogP contribution in [0.1, 0.15) is 86.3 Å². The van der Waals surface area contributed by atoms with E-state index in [1.807, 2.05) is 66.9 Å². The van der Waals surface area contributed by atoms with Gasteiger partial charge in [0.2, 0.25) is 17.7 Å². The summed E-state index contributed by atoms with van der Waals surface area (Å²) in [5.41, 5.74) is 5.17. The number of carbonyl (C=O) groups excluding carboxylic acids is 6. The van der Waals surface area contributed by atoms with Crippen LogP contribution in [0.2, 0.25) is 0 Å². The first-order valence-electron chi connectivity index (χ1n) is 18.6. The van der Waals surface area contributed by atoms with Crippen LogP contribution in [-0.4, -0.2) is 57.9 Å². The zero-order valence-electron chi connectivity index (χ0n) is 30.8. The number of pyridine rings is 1. The minimum Gasteiger partial charge on any atom is -0.352 e. The second-order valence-corrected chi connectivity index (χ2v) is 14.8. The van der Waals surface area contributed by atoms with Crippen LogP contribution in [0.5, 0.6) is 0 Å². The number of thiophene rings is 1. The normalized spacial score (nSPS) is 15.0. The van der Waals surface area contributed by atoms with E-state index in [2.05, 4.69) is 31.6 Å². The molecule has 2 aliphatic heterocycles. The molecule has 1 saturated heterocycles. The summed E-state index contributed by atoms with van der Waals surface area (Å²) >= 11 is 1.49. The molecule has 56 heavy (non-hydrogen) atoms. The van der Waals surface area contributed by atoms with Crippen molar-refractivity contribution in [3.8, 4) is 0 Å². The fourth-order valence-electron chi connectivity index (χ4n) is 6.89. The predicted octanol–water partition coefficient (Wildman–Crippen LogP) is 5.97. The smallest absolute Gasteiger partial charge is 0.257 e. The molecular weight excluding hydrogens is 731 g/mol. The lowest BCUT2D eigenvalue weighted by molar-refractivity contribution is -0.137. The zero-order chi connectivity index (χ0) is 39.2. The fraction of sp³-hybridized carbons (Fsp3) is 0.262. The van der Waals surface area contributed by atoms with E-state index < -0.39 is 11.9 Å². The van der Waals surface area contributed by atoms with Gasteiger partial charge in [0.05, 0.1) is 16.8 Å². The molecule has 2 aliphatic rings. The van der Waals surface area contributed by atoms with Crippen molar-refractivity contribution in [3.05, 3.63) is 118 Å². The van der Waals surface area contributed by atoms with Crippen LogP contribution in [-0.2, 0) is 27.5 Å². The number of fused-ring (bicyclic) bond motifs is 2. The Morgan fingerprint density at radius 3 is 2.57 bits per heavy atom. The van der Waals surface area contributed by atoms with Crippen LogP contribution in [0.15, 0.2) is 84.4 Å². The predicted molar refractivity (Wildman–Crippen MR) is 214 cm³/mol. The first-order valence-corrected chi connectivity index (χ1v) is 19.4. The SMILES string of the molecule is Cc1ccccc1Nc1ncc(C(=O)NCCCCCC(=O)NCc2ccc3c(c2)CN(C2CCC(=O)NC2=O)C3=O)cc1NC(=O)c1csc2ccccc12. The number of nitrogens with one attached hydrogen (secondary N) is 5. The summed E-state index contributed by atoms with van der Waals surface area (Å²) in [7, 11) is 0. The van der Waals surface area contributed by atoms with Gasteiger partial charge in [-0.05, 0) is 67.1 Å².